The Morgan fingerprint density at radius 1 is 0.805 bits per heavy atom. The lowest BCUT2D eigenvalue weighted by Gasteiger charge is -2.20. The maximum absolute atomic E-state index is 12.5. The molecule has 1 heterocycles. The highest BCUT2D eigenvalue weighted by Crippen LogP contribution is 2.34. The monoisotopic (exact) mass is 549 g/mol. The van der Waals surface area contributed by atoms with E-state index in [-0.39, 0.29) is 19.0 Å². The third-order valence-corrected chi connectivity index (χ3v) is 6.45. The Kier molecular flexibility index (Phi) is 8.41. The predicted octanol–water partition coefficient (Wildman–Crippen LogP) is 7.60. The van der Waals surface area contributed by atoms with Gasteiger partial charge in [0.1, 0.15) is 41.7 Å². The molecule has 0 radical (unpaired) electrons. The van der Waals surface area contributed by atoms with Gasteiger partial charge in [0.05, 0.1) is 6.42 Å². The second-order valence-corrected chi connectivity index (χ2v) is 10.9. The van der Waals surface area contributed by atoms with E-state index in [0.29, 0.717) is 24.7 Å². The van der Waals surface area contributed by atoms with E-state index in [1.807, 2.05) is 93.6 Å². The van der Waals surface area contributed by atoms with E-state index in [2.05, 4.69) is 24.3 Å². The Hall–Kier alpha value is -4.55. The average molecular weight is 550 g/mol. The first-order chi connectivity index (χ1) is 19.8. The van der Waals surface area contributed by atoms with Crippen LogP contribution in [0.5, 0.6) is 11.5 Å². The van der Waals surface area contributed by atoms with Crippen molar-refractivity contribution in [1.82, 2.24) is 0 Å². The Morgan fingerprint density at radius 2 is 1.59 bits per heavy atom. The second-order valence-electron chi connectivity index (χ2n) is 10.9. The molecule has 5 rings (SSSR count). The van der Waals surface area contributed by atoms with E-state index >= 15 is 0 Å². The zero-order valence-electron chi connectivity index (χ0n) is 23.7. The van der Waals surface area contributed by atoms with E-state index < -0.39 is 5.60 Å². The minimum Gasteiger partial charge on any atom is -0.489 e. The van der Waals surface area contributed by atoms with Crippen molar-refractivity contribution in [3.8, 4) is 22.6 Å². The highest BCUT2D eigenvalue weighted by molar-refractivity contribution is 5.93. The zero-order chi connectivity index (χ0) is 28.8. The standard InChI is InChI=1S/C35H35NO5/c1-35(2,3)41-33(37)20-27-11-7-8-15-32(27)39-23-30-19-28-17-25(22-38-29-13-5-4-6-14-29)18-31(34(28)40-30)26-12-9-10-24(16-26)21-36/h4-19H,20-23,36H2,1-3H3. The molecule has 210 valence electrons. The number of carbonyl (C=O) groups excluding carboxylic acids is 1. The van der Waals surface area contributed by atoms with Crippen LogP contribution in [0.25, 0.3) is 22.1 Å². The molecular formula is C35H35NO5. The summed E-state index contributed by atoms with van der Waals surface area (Å²) < 4.78 is 24.1. The molecule has 6 heteroatoms. The van der Waals surface area contributed by atoms with Crippen molar-refractivity contribution >= 4 is 16.9 Å². The molecule has 0 spiro atoms. The van der Waals surface area contributed by atoms with Crippen LogP contribution in [-0.2, 0) is 35.7 Å². The number of esters is 1. The molecule has 0 saturated carbocycles. The summed E-state index contributed by atoms with van der Waals surface area (Å²) >= 11 is 0. The Bertz CT molecular complexity index is 1630. The van der Waals surface area contributed by atoms with E-state index in [1.54, 1.807) is 0 Å². The van der Waals surface area contributed by atoms with Crippen molar-refractivity contribution in [3.63, 3.8) is 0 Å². The fourth-order valence-electron chi connectivity index (χ4n) is 4.66. The second kappa shape index (κ2) is 12.3. The largest absolute Gasteiger partial charge is 0.489 e. The fourth-order valence-corrected chi connectivity index (χ4v) is 4.66. The molecule has 0 aliphatic carbocycles. The summed E-state index contributed by atoms with van der Waals surface area (Å²) in [5.74, 6) is 1.80. The number of rotatable bonds is 10. The van der Waals surface area contributed by atoms with Gasteiger partial charge in [0.15, 0.2) is 0 Å². The summed E-state index contributed by atoms with van der Waals surface area (Å²) in [6.07, 6.45) is 0.125. The number of ether oxygens (including phenoxy) is 3. The number of para-hydroxylation sites is 2. The maximum Gasteiger partial charge on any atom is 0.310 e. The summed E-state index contributed by atoms with van der Waals surface area (Å²) in [4.78, 5) is 12.5. The van der Waals surface area contributed by atoms with Crippen LogP contribution in [0, 0.1) is 0 Å². The topological polar surface area (TPSA) is 83.9 Å². The van der Waals surface area contributed by atoms with Crippen LogP contribution < -0.4 is 15.2 Å². The summed E-state index contributed by atoms with van der Waals surface area (Å²) in [7, 11) is 0. The molecule has 0 bridgehead atoms. The third-order valence-electron chi connectivity index (χ3n) is 6.45. The van der Waals surface area contributed by atoms with E-state index in [4.69, 9.17) is 24.4 Å². The van der Waals surface area contributed by atoms with Gasteiger partial charge in [-0.05, 0) is 79.9 Å². The van der Waals surface area contributed by atoms with Crippen molar-refractivity contribution in [2.75, 3.05) is 0 Å². The normalized spacial score (nSPS) is 11.4. The molecule has 1 aromatic heterocycles. The number of benzene rings is 4. The van der Waals surface area contributed by atoms with Gasteiger partial charge in [-0.3, -0.25) is 4.79 Å². The molecule has 0 aliphatic heterocycles. The highest BCUT2D eigenvalue weighted by Gasteiger charge is 2.19. The van der Waals surface area contributed by atoms with Gasteiger partial charge in [-0.1, -0.05) is 54.6 Å². The molecule has 41 heavy (non-hydrogen) atoms. The molecule has 0 fully saturated rings. The van der Waals surface area contributed by atoms with Crippen molar-refractivity contribution in [2.45, 2.75) is 52.6 Å². The summed E-state index contributed by atoms with van der Waals surface area (Å²) in [5.41, 5.74) is 11.0. The molecular weight excluding hydrogens is 514 g/mol. The van der Waals surface area contributed by atoms with Gasteiger partial charge in [0, 0.05) is 23.1 Å². The lowest BCUT2D eigenvalue weighted by atomic mass is 9.99. The van der Waals surface area contributed by atoms with Gasteiger partial charge in [0.2, 0.25) is 0 Å². The lowest BCUT2D eigenvalue weighted by molar-refractivity contribution is -0.153. The van der Waals surface area contributed by atoms with E-state index in [9.17, 15) is 4.79 Å². The first-order valence-corrected chi connectivity index (χ1v) is 13.7. The van der Waals surface area contributed by atoms with E-state index in [0.717, 1.165) is 44.5 Å². The Morgan fingerprint density at radius 3 is 2.37 bits per heavy atom. The lowest BCUT2D eigenvalue weighted by Crippen LogP contribution is -2.25. The number of furan rings is 1. The Balaban J connectivity index is 1.42. The SMILES string of the molecule is CC(C)(C)OC(=O)Cc1ccccc1OCc1cc2cc(COc3ccccc3)cc(-c3cccc(CN)c3)c2o1. The van der Waals surface area contributed by atoms with Crippen LogP contribution in [0.1, 0.15) is 43.2 Å². The average Bonchev–Trinajstić information content (AvgIpc) is 3.37. The van der Waals surface area contributed by atoms with Gasteiger partial charge in [-0.25, -0.2) is 0 Å². The third kappa shape index (κ3) is 7.35. The molecule has 4 aromatic carbocycles. The van der Waals surface area contributed by atoms with Crippen LogP contribution in [0.15, 0.2) is 101 Å². The molecule has 0 aliphatic rings. The number of nitrogens with two attached hydrogens (primary N) is 1. The molecule has 0 atom stereocenters. The van der Waals surface area contributed by atoms with Crippen LogP contribution in [-0.4, -0.2) is 11.6 Å². The zero-order valence-corrected chi connectivity index (χ0v) is 23.7. The van der Waals surface area contributed by atoms with Gasteiger partial charge in [-0.2, -0.15) is 0 Å². The molecule has 0 unspecified atom stereocenters. The van der Waals surface area contributed by atoms with Crippen LogP contribution in [0.3, 0.4) is 0 Å². The van der Waals surface area contributed by atoms with Crippen molar-refractivity contribution in [3.05, 3.63) is 120 Å². The molecule has 6 nitrogen and oxygen atoms in total. The van der Waals surface area contributed by atoms with Crippen molar-refractivity contribution in [2.24, 2.45) is 5.73 Å². The predicted molar refractivity (Wildman–Crippen MR) is 161 cm³/mol. The number of hydrogen-bond donors (Lipinski definition) is 1. The number of fused-ring (bicyclic) bond motifs is 1. The summed E-state index contributed by atoms with van der Waals surface area (Å²) in [6, 6.07) is 31.6. The van der Waals surface area contributed by atoms with Crippen molar-refractivity contribution < 1.29 is 23.4 Å². The molecule has 2 N–H and O–H groups in total. The van der Waals surface area contributed by atoms with Gasteiger partial charge in [-0.15, -0.1) is 0 Å². The minimum atomic E-state index is -0.548. The molecule has 0 saturated heterocycles. The van der Waals surface area contributed by atoms with Gasteiger partial charge >= 0.3 is 5.97 Å². The minimum absolute atomic E-state index is 0.125. The Labute approximate surface area is 240 Å². The first-order valence-electron chi connectivity index (χ1n) is 13.7. The maximum atomic E-state index is 12.5. The first kappa shape index (κ1) is 28.0. The smallest absolute Gasteiger partial charge is 0.310 e. The fraction of sp³-hybridized carbons (Fsp3) is 0.229. The number of hydrogen-bond acceptors (Lipinski definition) is 6. The number of carbonyl (C=O) groups is 1. The van der Waals surface area contributed by atoms with Crippen molar-refractivity contribution in [1.29, 1.82) is 0 Å². The van der Waals surface area contributed by atoms with Gasteiger partial charge in [0.25, 0.3) is 0 Å². The van der Waals surface area contributed by atoms with Crippen LogP contribution in [0.2, 0.25) is 0 Å². The van der Waals surface area contributed by atoms with Crippen LogP contribution >= 0.6 is 0 Å². The van der Waals surface area contributed by atoms with Crippen LogP contribution in [0.4, 0.5) is 0 Å². The summed E-state index contributed by atoms with van der Waals surface area (Å²) in [5, 5.41) is 0.952. The molecule has 5 aromatic rings. The highest BCUT2D eigenvalue weighted by atomic mass is 16.6. The summed E-state index contributed by atoms with van der Waals surface area (Å²) in [6.45, 7) is 6.64. The van der Waals surface area contributed by atoms with Gasteiger partial charge < -0.3 is 24.4 Å². The molecule has 0 amide bonds. The van der Waals surface area contributed by atoms with E-state index in [1.165, 1.54) is 0 Å². The quantitative estimate of drug-likeness (QED) is 0.181.